The predicted octanol–water partition coefficient (Wildman–Crippen LogP) is 1.97. The summed E-state index contributed by atoms with van der Waals surface area (Å²) in [7, 11) is 3.10. The molecule has 2 amide bonds. The van der Waals surface area contributed by atoms with Gasteiger partial charge in [0.15, 0.2) is 0 Å². The molecule has 132 valence electrons. The van der Waals surface area contributed by atoms with Crippen molar-refractivity contribution in [2.75, 3.05) is 25.7 Å². The summed E-state index contributed by atoms with van der Waals surface area (Å²) in [6, 6.07) is 8.79. The van der Waals surface area contributed by atoms with Crippen molar-refractivity contribution in [1.82, 2.24) is 5.32 Å². The molecule has 0 spiro atoms. The number of benzene rings is 1. The summed E-state index contributed by atoms with van der Waals surface area (Å²) in [4.78, 5) is 26.3. The van der Waals surface area contributed by atoms with Crippen LogP contribution in [0.3, 0.4) is 0 Å². The lowest BCUT2D eigenvalue weighted by Gasteiger charge is -2.20. The first-order chi connectivity index (χ1) is 12.1. The fourth-order valence-electron chi connectivity index (χ4n) is 2.86. The standard InChI is InChI=1S/C18H20N2O5/c1-23-13-5-6-15(16(9-13)24-2)20-11-12(8-17(20)21)18(22)19-10-14-4-3-7-25-14/h3-7,9,12H,8,10-11H2,1-2H3,(H,19,22)/t12-/m0/s1. The zero-order valence-corrected chi connectivity index (χ0v) is 14.2. The van der Waals surface area contributed by atoms with E-state index < -0.39 is 5.92 Å². The number of nitrogens with one attached hydrogen (secondary N) is 1. The molecule has 1 N–H and O–H groups in total. The molecule has 0 radical (unpaired) electrons. The van der Waals surface area contributed by atoms with Gasteiger partial charge in [0.25, 0.3) is 0 Å². The molecule has 0 bridgehead atoms. The molecule has 2 aromatic rings. The molecule has 7 heteroatoms. The van der Waals surface area contributed by atoms with Crippen molar-refractivity contribution < 1.29 is 23.5 Å². The highest BCUT2D eigenvalue weighted by atomic mass is 16.5. The van der Waals surface area contributed by atoms with E-state index in [1.807, 2.05) is 0 Å². The van der Waals surface area contributed by atoms with Crippen LogP contribution in [-0.4, -0.2) is 32.6 Å². The molecule has 0 unspecified atom stereocenters. The van der Waals surface area contributed by atoms with Gasteiger partial charge in [0.05, 0.1) is 38.6 Å². The Morgan fingerprint density at radius 3 is 2.84 bits per heavy atom. The second-order valence-electron chi connectivity index (χ2n) is 5.74. The molecule has 0 aliphatic carbocycles. The van der Waals surface area contributed by atoms with Crippen LogP contribution in [0.4, 0.5) is 5.69 Å². The van der Waals surface area contributed by atoms with Gasteiger partial charge in [-0.15, -0.1) is 0 Å². The Bertz CT molecular complexity index is 757. The zero-order chi connectivity index (χ0) is 17.8. The Hall–Kier alpha value is -2.96. The van der Waals surface area contributed by atoms with Gasteiger partial charge < -0.3 is 24.1 Å². The molecule has 7 nitrogen and oxygen atoms in total. The number of ether oxygens (including phenoxy) is 2. The lowest BCUT2D eigenvalue weighted by atomic mass is 10.1. The monoisotopic (exact) mass is 344 g/mol. The summed E-state index contributed by atoms with van der Waals surface area (Å²) in [5.74, 6) is 1.16. The van der Waals surface area contributed by atoms with Gasteiger partial charge in [-0.2, -0.15) is 0 Å². The van der Waals surface area contributed by atoms with Gasteiger partial charge in [0.2, 0.25) is 11.8 Å². The highest BCUT2D eigenvalue weighted by Crippen LogP contribution is 2.35. The Kier molecular flexibility index (Phi) is 4.92. The van der Waals surface area contributed by atoms with Crippen LogP contribution in [0.5, 0.6) is 11.5 Å². The number of hydrogen-bond acceptors (Lipinski definition) is 5. The van der Waals surface area contributed by atoms with E-state index >= 15 is 0 Å². The molecular weight excluding hydrogens is 324 g/mol. The van der Waals surface area contributed by atoms with Gasteiger partial charge in [-0.05, 0) is 24.3 Å². The molecule has 3 rings (SSSR count). The second-order valence-corrected chi connectivity index (χ2v) is 5.74. The minimum absolute atomic E-state index is 0.110. The molecule has 2 heterocycles. The highest BCUT2D eigenvalue weighted by Gasteiger charge is 2.36. The van der Waals surface area contributed by atoms with Crippen LogP contribution in [0.2, 0.25) is 0 Å². The Labute approximate surface area is 145 Å². The van der Waals surface area contributed by atoms with Crippen molar-refractivity contribution in [2.24, 2.45) is 5.92 Å². The Morgan fingerprint density at radius 1 is 1.32 bits per heavy atom. The fraction of sp³-hybridized carbons (Fsp3) is 0.333. The van der Waals surface area contributed by atoms with Crippen LogP contribution in [0.1, 0.15) is 12.2 Å². The minimum Gasteiger partial charge on any atom is -0.497 e. The predicted molar refractivity (Wildman–Crippen MR) is 90.6 cm³/mol. The van der Waals surface area contributed by atoms with Crippen molar-refractivity contribution in [3.8, 4) is 11.5 Å². The number of carbonyl (C=O) groups excluding carboxylic acids is 2. The summed E-state index contributed by atoms with van der Waals surface area (Å²) in [6.07, 6.45) is 1.72. The van der Waals surface area contributed by atoms with Gasteiger partial charge in [-0.3, -0.25) is 9.59 Å². The zero-order valence-electron chi connectivity index (χ0n) is 14.2. The summed E-state index contributed by atoms with van der Waals surface area (Å²) in [6.45, 7) is 0.619. The largest absolute Gasteiger partial charge is 0.497 e. The number of furan rings is 1. The van der Waals surface area contributed by atoms with Crippen molar-refractivity contribution >= 4 is 17.5 Å². The van der Waals surface area contributed by atoms with E-state index in [0.717, 1.165) is 0 Å². The topological polar surface area (TPSA) is 81.0 Å². The van der Waals surface area contributed by atoms with Crippen LogP contribution >= 0.6 is 0 Å². The summed E-state index contributed by atoms with van der Waals surface area (Å²) in [5.41, 5.74) is 0.634. The number of methoxy groups -OCH3 is 2. The average Bonchev–Trinajstić information content (AvgIpc) is 3.28. The molecule has 1 saturated heterocycles. The van der Waals surface area contributed by atoms with Crippen LogP contribution in [0.15, 0.2) is 41.0 Å². The van der Waals surface area contributed by atoms with Crippen molar-refractivity contribution in [1.29, 1.82) is 0 Å². The third kappa shape index (κ3) is 3.60. The fourth-order valence-corrected chi connectivity index (χ4v) is 2.86. The summed E-state index contributed by atoms with van der Waals surface area (Å²) in [5, 5.41) is 2.80. The number of carbonyl (C=O) groups is 2. The van der Waals surface area contributed by atoms with Crippen molar-refractivity contribution in [3.05, 3.63) is 42.4 Å². The van der Waals surface area contributed by atoms with E-state index in [1.165, 1.54) is 7.11 Å². The smallest absolute Gasteiger partial charge is 0.227 e. The van der Waals surface area contributed by atoms with Crippen LogP contribution in [-0.2, 0) is 16.1 Å². The summed E-state index contributed by atoms with van der Waals surface area (Å²) >= 11 is 0. The summed E-state index contributed by atoms with van der Waals surface area (Å²) < 4.78 is 15.7. The minimum atomic E-state index is -0.408. The quantitative estimate of drug-likeness (QED) is 0.866. The number of amides is 2. The SMILES string of the molecule is COc1ccc(N2C[C@@H](C(=O)NCc3ccco3)CC2=O)c(OC)c1. The molecule has 25 heavy (non-hydrogen) atoms. The third-order valence-electron chi connectivity index (χ3n) is 4.19. The molecule has 1 aliphatic heterocycles. The lowest BCUT2D eigenvalue weighted by Crippen LogP contribution is -2.32. The van der Waals surface area contributed by atoms with Crippen molar-refractivity contribution in [2.45, 2.75) is 13.0 Å². The van der Waals surface area contributed by atoms with Crippen LogP contribution in [0, 0.1) is 5.92 Å². The van der Waals surface area contributed by atoms with Gasteiger partial charge >= 0.3 is 0 Å². The molecule has 1 aliphatic rings. The first kappa shape index (κ1) is 16.9. The van der Waals surface area contributed by atoms with Gasteiger partial charge in [0, 0.05) is 19.0 Å². The van der Waals surface area contributed by atoms with E-state index in [9.17, 15) is 9.59 Å². The molecular formula is C18H20N2O5. The second kappa shape index (κ2) is 7.29. The first-order valence-electron chi connectivity index (χ1n) is 7.95. The molecule has 1 aromatic carbocycles. The number of hydrogen-bond donors (Lipinski definition) is 1. The molecule has 1 atom stereocenters. The lowest BCUT2D eigenvalue weighted by molar-refractivity contribution is -0.126. The van der Waals surface area contributed by atoms with E-state index in [2.05, 4.69) is 5.32 Å². The molecule has 1 fully saturated rings. The maximum atomic E-state index is 12.4. The third-order valence-corrected chi connectivity index (χ3v) is 4.19. The van der Waals surface area contributed by atoms with Gasteiger partial charge in [0.1, 0.15) is 17.3 Å². The van der Waals surface area contributed by atoms with E-state index in [0.29, 0.717) is 36.0 Å². The number of rotatable bonds is 6. The number of nitrogens with zero attached hydrogens (tertiary/aromatic N) is 1. The Balaban J connectivity index is 1.69. The maximum Gasteiger partial charge on any atom is 0.227 e. The highest BCUT2D eigenvalue weighted by molar-refractivity contribution is 6.01. The molecule has 0 saturated carbocycles. The average molecular weight is 344 g/mol. The normalized spacial score (nSPS) is 16.8. The first-order valence-corrected chi connectivity index (χ1v) is 7.95. The Morgan fingerprint density at radius 2 is 2.16 bits per heavy atom. The van der Waals surface area contributed by atoms with Gasteiger partial charge in [-0.1, -0.05) is 0 Å². The van der Waals surface area contributed by atoms with Gasteiger partial charge in [-0.25, -0.2) is 0 Å². The van der Waals surface area contributed by atoms with Crippen LogP contribution < -0.4 is 19.7 Å². The van der Waals surface area contributed by atoms with Crippen LogP contribution in [0.25, 0.3) is 0 Å². The van der Waals surface area contributed by atoms with E-state index in [4.69, 9.17) is 13.9 Å². The van der Waals surface area contributed by atoms with Crippen molar-refractivity contribution in [3.63, 3.8) is 0 Å². The van der Waals surface area contributed by atoms with E-state index in [1.54, 1.807) is 48.6 Å². The number of anilines is 1. The van der Waals surface area contributed by atoms with E-state index in [-0.39, 0.29) is 18.2 Å². The maximum absolute atomic E-state index is 12.4. The molecule has 1 aromatic heterocycles.